The Morgan fingerprint density at radius 2 is 0.731 bits per heavy atom. The van der Waals surface area contributed by atoms with Gasteiger partial charge in [0.25, 0.3) is 0 Å². The van der Waals surface area contributed by atoms with E-state index in [2.05, 4.69) is 6.92 Å². The van der Waals surface area contributed by atoms with Crippen LogP contribution in [0.15, 0.2) is 0 Å². The summed E-state index contributed by atoms with van der Waals surface area (Å²) in [6.45, 7) is 2.94. The standard InChI is InChI=1S/C17H30O.C16H28O2.C15H26O/c18-17-12-8-3-1-2-6-10-15-14-16(15)11-7-4-5-9-13-17;1-13-9-10-18-16(17)8-6-4-2-3-5-7-14-12-15(14)11-13;16-15-10-8-6-4-2-1-3-5-7-9-13-11-14(13)12-15/h15-16H,1-14H2;13-15H,2-12H2,1H3;13-14H,1-12H2. The average molecular weight is 725 g/mol. The molecule has 6 rings (SSSR count). The zero-order chi connectivity index (χ0) is 36.6. The van der Waals surface area contributed by atoms with Crippen LogP contribution in [-0.4, -0.2) is 24.1 Å². The number of carbonyl (C=O) groups is 3. The van der Waals surface area contributed by atoms with Crippen LogP contribution >= 0.6 is 0 Å². The molecule has 6 aliphatic rings. The summed E-state index contributed by atoms with van der Waals surface area (Å²) in [5.41, 5.74) is 0. The van der Waals surface area contributed by atoms with Crippen LogP contribution in [0.5, 0.6) is 0 Å². The summed E-state index contributed by atoms with van der Waals surface area (Å²) in [7, 11) is 0. The monoisotopic (exact) mass is 725 g/mol. The first-order valence-electron chi connectivity index (χ1n) is 23.7. The minimum absolute atomic E-state index is 0.0152. The number of esters is 1. The van der Waals surface area contributed by atoms with Crippen LogP contribution < -0.4 is 0 Å². The number of fused-ring (bicyclic) bond motifs is 3. The molecule has 0 aromatic heterocycles. The molecule has 7 atom stereocenters. The highest BCUT2D eigenvalue weighted by molar-refractivity contribution is 5.79. The van der Waals surface area contributed by atoms with E-state index in [0.29, 0.717) is 24.6 Å². The molecule has 7 unspecified atom stereocenters. The molecule has 0 bridgehead atoms. The third-order valence-corrected chi connectivity index (χ3v) is 13.8. The van der Waals surface area contributed by atoms with Crippen LogP contribution in [-0.2, 0) is 19.1 Å². The summed E-state index contributed by atoms with van der Waals surface area (Å²) in [6, 6.07) is 0. The minimum Gasteiger partial charge on any atom is -0.466 e. The van der Waals surface area contributed by atoms with Crippen molar-refractivity contribution in [1.29, 1.82) is 0 Å². The first-order valence-corrected chi connectivity index (χ1v) is 23.7. The second-order valence-electron chi connectivity index (χ2n) is 18.8. The number of Topliss-reactive ketones (excluding diaryl/α,β-unsaturated/α-hetero) is 2. The molecular formula is C48H84O4. The third kappa shape index (κ3) is 21.0. The van der Waals surface area contributed by atoms with Crippen molar-refractivity contribution >= 4 is 17.5 Å². The Bertz CT molecular complexity index is 973. The lowest BCUT2D eigenvalue weighted by Gasteiger charge is -2.11. The fourth-order valence-corrected chi connectivity index (χ4v) is 9.82. The van der Waals surface area contributed by atoms with Crippen molar-refractivity contribution in [3.05, 3.63) is 0 Å². The smallest absolute Gasteiger partial charge is 0.305 e. The maximum atomic E-state index is 11.7. The summed E-state index contributed by atoms with van der Waals surface area (Å²) < 4.78 is 5.30. The topological polar surface area (TPSA) is 60.4 Å². The van der Waals surface area contributed by atoms with Crippen molar-refractivity contribution in [2.45, 2.75) is 238 Å². The fourth-order valence-electron chi connectivity index (χ4n) is 9.82. The Labute approximate surface area is 321 Å². The van der Waals surface area contributed by atoms with E-state index in [1.807, 2.05) is 0 Å². The number of ether oxygens (including phenoxy) is 1. The molecule has 6 fully saturated rings. The summed E-state index contributed by atoms with van der Waals surface area (Å²) in [5.74, 6) is 7.70. The van der Waals surface area contributed by atoms with E-state index in [9.17, 15) is 14.4 Å². The molecule has 0 amide bonds. The van der Waals surface area contributed by atoms with Gasteiger partial charge in [-0.05, 0) is 99.2 Å². The van der Waals surface area contributed by atoms with Crippen LogP contribution in [0.1, 0.15) is 238 Å². The largest absolute Gasteiger partial charge is 0.466 e. The Morgan fingerprint density at radius 3 is 1.25 bits per heavy atom. The quantitative estimate of drug-likeness (QED) is 0.233. The van der Waals surface area contributed by atoms with Crippen molar-refractivity contribution < 1.29 is 19.1 Å². The van der Waals surface area contributed by atoms with Gasteiger partial charge in [0.05, 0.1) is 6.61 Å². The zero-order valence-electron chi connectivity index (χ0n) is 34.3. The van der Waals surface area contributed by atoms with Crippen LogP contribution in [0, 0.1) is 41.4 Å². The SMILES string of the molecule is CC1CCOC(=O)CCCCCCCC2CC2C1.O=C1CCCCCCCC2CC2CCCCCC1.O=C1CCCCCCCCCCC2CC2C1. The maximum Gasteiger partial charge on any atom is 0.305 e. The molecule has 1 aliphatic heterocycles. The van der Waals surface area contributed by atoms with Crippen molar-refractivity contribution in [2.75, 3.05) is 6.61 Å². The van der Waals surface area contributed by atoms with Gasteiger partial charge in [0.1, 0.15) is 11.6 Å². The number of ketones is 2. The third-order valence-electron chi connectivity index (χ3n) is 13.8. The van der Waals surface area contributed by atoms with E-state index in [0.717, 1.165) is 99.2 Å². The van der Waals surface area contributed by atoms with Crippen molar-refractivity contribution in [1.82, 2.24) is 0 Å². The highest BCUT2D eigenvalue weighted by Gasteiger charge is 2.38. The fraction of sp³-hybridized carbons (Fsp3) is 0.938. The van der Waals surface area contributed by atoms with E-state index in [1.54, 1.807) is 0 Å². The van der Waals surface area contributed by atoms with Gasteiger partial charge in [0, 0.05) is 32.1 Å². The van der Waals surface area contributed by atoms with E-state index in [-0.39, 0.29) is 5.97 Å². The molecule has 0 radical (unpaired) electrons. The Balaban J connectivity index is 0.000000175. The molecule has 4 nitrogen and oxygen atoms in total. The van der Waals surface area contributed by atoms with Gasteiger partial charge in [-0.25, -0.2) is 0 Å². The first-order chi connectivity index (χ1) is 25.5. The molecule has 0 aromatic rings. The Morgan fingerprint density at radius 1 is 0.365 bits per heavy atom. The van der Waals surface area contributed by atoms with Gasteiger partial charge in [-0.2, -0.15) is 0 Å². The first kappa shape index (κ1) is 43.5. The average Bonchev–Trinajstić information content (AvgIpc) is 4.06. The molecule has 4 heteroatoms. The lowest BCUT2D eigenvalue weighted by molar-refractivity contribution is -0.144. The van der Waals surface area contributed by atoms with E-state index >= 15 is 0 Å². The molecule has 5 aliphatic carbocycles. The predicted octanol–water partition coefficient (Wildman–Crippen LogP) is 14.1. The number of carbonyl (C=O) groups excluding carboxylic acids is 3. The maximum absolute atomic E-state index is 11.7. The highest BCUT2D eigenvalue weighted by atomic mass is 16.5. The Hall–Kier alpha value is -1.19. The van der Waals surface area contributed by atoms with Gasteiger partial charge in [-0.3, -0.25) is 14.4 Å². The van der Waals surface area contributed by atoms with E-state index in [4.69, 9.17) is 4.74 Å². The number of hydrogen-bond acceptors (Lipinski definition) is 4. The van der Waals surface area contributed by atoms with Gasteiger partial charge in [-0.15, -0.1) is 0 Å². The van der Waals surface area contributed by atoms with Crippen LogP contribution in [0.25, 0.3) is 0 Å². The Kier molecular flexibility index (Phi) is 22.3. The second kappa shape index (κ2) is 26.6. The molecule has 5 saturated carbocycles. The van der Waals surface area contributed by atoms with E-state index < -0.39 is 0 Å². The molecule has 0 N–H and O–H groups in total. The minimum atomic E-state index is 0.0152. The highest BCUT2D eigenvalue weighted by Crippen LogP contribution is 2.47. The number of cyclic esters (lactones) is 1. The van der Waals surface area contributed by atoms with Gasteiger partial charge in [0.15, 0.2) is 0 Å². The number of rotatable bonds is 0. The van der Waals surface area contributed by atoms with E-state index in [1.165, 1.54) is 167 Å². The molecule has 1 heterocycles. The second-order valence-corrected chi connectivity index (χ2v) is 18.8. The van der Waals surface area contributed by atoms with Gasteiger partial charge in [0.2, 0.25) is 0 Å². The number of hydrogen-bond donors (Lipinski definition) is 0. The lowest BCUT2D eigenvalue weighted by atomic mass is 9.99. The summed E-state index contributed by atoms with van der Waals surface area (Å²) in [4.78, 5) is 34.8. The molecule has 1 saturated heterocycles. The van der Waals surface area contributed by atoms with Crippen molar-refractivity contribution in [2.24, 2.45) is 41.4 Å². The van der Waals surface area contributed by atoms with Crippen LogP contribution in [0.4, 0.5) is 0 Å². The van der Waals surface area contributed by atoms with Gasteiger partial charge in [-0.1, -0.05) is 148 Å². The molecule has 0 aromatic carbocycles. The zero-order valence-corrected chi connectivity index (χ0v) is 34.3. The van der Waals surface area contributed by atoms with Crippen molar-refractivity contribution in [3.8, 4) is 0 Å². The molecule has 0 spiro atoms. The molecule has 52 heavy (non-hydrogen) atoms. The predicted molar refractivity (Wildman–Crippen MR) is 217 cm³/mol. The van der Waals surface area contributed by atoms with Gasteiger partial charge < -0.3 is 4.74 Å². The lowest BCUT2D eigenvalue weighted by Crippen LogP contribution is -2.09. The van der Waals surface area contributed by atoms with Crippen LogP contribution in [0.2, 0.25) is 0 Å². The summed E-state index contributed by atoms with van der Waals surface area (Å²) in [5, 5.41) is 0. The summed E-state index contributed by atoms with van der Waals surface area (Å²) >= 11 is 0. The normalized spacial score (nSPS) is 34.2. The van der Waals surface area contributed by atoms with Gasteiger partial charge >= 0.3 is 5.97 Å². The molecule has 300 valence electrons. The van der Waals surface area contributed by atoms with Crippen molar-refractivity contribution in [3.63, 3.8) is 0 Å². The van der Waals surface area contributed by atoms with Crippen LogP contribution in [0.3, 0.4) is 0 Å². The molecular weight excluding hydrogens is 641 g/mol. The summed E-state index contributed by atoms with van der Waals surface area (Å²) in [6.07, 6.45) is 45.6.